The third-order valence-corrected chi connectivity index (χ3v) is 6.39. The van der Waals surface area contributed by atoms with Gasteiger partial charge < -0.3 is 31.2 Å². The zero-order valence-electron chi connectivity index (χ0n) is 23.0. The van der Waals surface area contributed by atoms with Crippen LogP contribution in [-0.2, 0) is 40.0 Å². The lowest BCUT2D eigenvalue weighted by molar-refractivity contribution is -0.143. The number of carboxylic acid groups (broad SMARTS) is 1. The molecule has 0 spiro atoms. The zero-order valence-corrected chi connectivity index (χ0v) is 23.0. The average molecular weight is 575 g/mol. The third-order valence-electron chi connectivity index (χ3n) is 6.39. The van der Waals surface area contributed by atoms with Crippen LogP contribution < -0.4 is 27.2 Å². The van der Waals surface area contributed by atoms with Gasteiger partial charge in [-0.25, -0.2) is 10.2 Å². The molecule has 3 atom stereocenters. The Kier molecular flexibility index (Phi) is 13.4. The highest BCUT2D eigenvalue weighted by Gasteiger charge is 2.32. The molecule has 14 heteroatoms. The second-order valence-corrected chi connectivity index (χ2v) is 9.94. The first-order chi connectivity index (χ1) is 19.5. The number of piperidine rings is 1. The van der Waals surface area contributed by atoms with Crippen molar-refractivity contribution in [1.29, 1.82) is 0 Å². The van der Waals surface area contributed by atoms with E-state index in [0.717, 1.165) is 0 Å². The summed E-state index contributed by atoms with van der Waals surface area (Å²) in [5.41, 5.74) is 10.6. The molecule has 5 amide bonds. The van der Waals surface area contributed by atoms with Crippen LogP contribution in [0.4, 0.5) is 0 Å². The number of carbonyl (C=O) groups is 7. The number of amides is 5. The number of aliphatic carboxylic acids is 1. The first kappa shape index (κ1) is 32.9. The van der Waals surface area contributed by atoms with Crippen molar-refractivity contribution in [2.24, 2.45) is 5.73 Å². The lowest BCUT2D eigenvalue weighted by Crippen LogP contribution is -2.58. The molecule has 0 bridgehead atoms. The van der Waals surface area contributed by atoms with Gasteiger partial charge in [-0.2, -0.15) is 0 Å². The van der Waals surface area contributed by atoms with Crippen molar-refractivity contribution in [2.45, 2.75) is 76.4 Å². The van der Waals surface area contributed by atoms with Gasteiger partial charge in [-0.15, -0.1) is 0 Å². The van der Waals surface area contributed by atoms with E-state index in [-0.39, 0.29) is 37.6 Å². The molecule has 2 rings (SSSR count). The number of carbonyl (C=O) groups excluding carboxylic acids is 6. The van der Waals surface area contributed by atoms with Gasteiger partial charge >= 0.3 is 5.97 Å². The van der Waals surface area contributed by atoms with Gasteiger partial charge in [0, 0.05) is 25.8 Å². The van der Waals surface area contributed by atoms with Crippen LogP contribution in [0.25, 0.3) is 0 Å². The summed E-state index contributed by atoms with van der Waals surface area (Å²) in [7, 11) is 0. The fourth-order valence-corrected chi connectivity index (χ4v) is 4.27. The van der Waals surface area contributed by atoms with Crippen LogP contribution in [0.2, 0.25) is 0 Å². The Morgan fingerprint density at radius 1 is 1.02 bits per heavy atom. The van der Waals surface area contributed by atoms with Gasteiger partial charge in [0.15, 0.2) is 0 Å². The minimum Gasteiger partial charge on any atom is -0.480 e. The number of nitrogens with zero attached hydrogens (tertiary/aromatic N) is 1. The van der Waals surface area contributed by atoms with Crippen molar-refractivity contribution in [3.05, 3.63) is 35.9 Å². The number of Topliss-reactive ketones (excluding diaryl/α,β-unsaturated/α-hetero) is 1. The molecule has 1 fully saturated rings. The second-order valence-electron chi connectivity index (χ2n) is 9.94. The fourth-order valence-electron chi connectivity index (χ4n) is 4.27. The molecule has 1 unspecified atom stereocenters. The topological polar surface area (TPSA) is 217 Å². The maximum Gasteiger partial charge on any atom is 0.326 e. The van der Waals surface area contributed by atoms with Gasteiger partial charge in [-0.05, 0) is 38.2 Å². The van der Waals surface area contributed by atoms with Gasteiger partial charge in [0.1, 0.15) is 30.5 Å². The Balaban J connectivity index is 1.89. The van der Waals surface area contributed by atoms with Crippen LogP contribution in [0, 0.1) is 0 Å². The van der Waals surface area contributed by atoms with E-state index in [9.17, 15) is 38.7 Å². The number of hydrogen-bond acceptors (Lipinski definition) is 8. The van der Waals surface area contributed by atoms with Crippen molar-refractivity contribution in [3.63, 3.8) is 0 Å². The predicted molar refractivity (Wildman–Crippen MR) is 145 cm³/mol. The summed E-state index contributed by atoms with van der Waals surface area (Å²) in [6.45, 7) is 1.38. The number of hydrogen-bond donors (Lipinski definition) is 6. The lowest BCUT2D eigenvalue weighted by atomic mass is 10.0. The number of rotatable bonds is 17. The number of unbranched alkanes of at least 4 members (excludes halogenated alkanes) is 1. The SMILES string of the molecule is CC(=O)CCCCC(=O)NC1CCCN(CC(=O)NN[C@@H](CC(N)=O)C(=O)N[C@@H](Cc2ccccc2)C(=O)O)C1=O. The van der Waals surface area contributed by atoms with Crippen molar-refractivity contribution < 1.29 is 38.7 Å². The van der Waals surface area contributed by atoms with Gasteiger partial charge in [0.05, 0.1) is 6.42 Å². The molecular formula is C27H38N6O8. The first-order valence-electron chi connectivity index (χ1n) is 13.4. The number of benzene rings is 1. The van der Waals surface area contributed by atoms with E-state index in [0.29, 0.717) is 37.7 Å². The maximum atomic E-state index is 12.8. The lowest BCUT2D eigenvalue weighted by Gasteiger charge is -2.32. The van der Waals surface area contributed by atoms with Crippen LogP contribution >= 0.6 is 0 Å². The Morgan fingerprint density at radius 3 is 2.34 bits per heavy atom. The highest BCUT2D eigenvalue weighted by molar-refractivity contribution is 5.92. The van der Waals surface area contributed by atoms with Crippen LogP contribution in [0.5, 0.6) is 0 Å². The van der Waals surface area contributed by atoms with Crippen LogP contribution in [0.3, 0.4) is 0 Å². The molecule has 1 aliphatic rings. The van der Waals surface area contributed by atoms with Crippen molar-refractivity contribution in [1.82, 2.24) is 26.4 Å². The summed E-state index contributed by atoms with van der Waals surface area (Å²) in [5, 5.41) is 14.6. The summed E-state index contributed by atoms with van der Waals surface area (Å²) >= 11 is 0. The molecule has 1 heterocycles. The number of nitrogens with two attached hydrogens (primary N) is 1. The van der Waals surface area contributed by atoms with Gasteiger partial charge in [-0.3, -0.25) is 29.4 Å². The van der Waals surface area contributed by atoms with E-state index in [4.69, 9.17) is 5.73 Å². The number of hydrazine groups is 1. The minimum atomic E-state index is -1.37. The Morgan fingerprint density at radius 2 is 1.71 bits per heavy atom. The smallest absolute Gasteiger partial charge is 0.326 e. The van der Waals surface area contributed by atoms with Crippen molar-refractivity contribution >= 4 is 41.3 Å². The van der Waals surface area contributed by atoms with Gasteiger partial charge in [0.2, 0.25) is 23.6 Å². The molecule has 224 valence electrons. The molecule has 0 aromatic heterocycles. The zero-order chi connectivity index (χ0) is 30.4. The van der Waals surface area contributed by atoms with E-state index in [2.05, 4.69) is 21.5 Å². The first-order valence-corrected chi connectivity index (χ1v) is 13.4. The monoisotopic (exact) mass is 574 g/mol. The summed E-state index contributed by atoms with van der Waals surface area (Å²) in [6.07, 6.45) is 2.09. The Hall–Kier alpha value is -4.33. The maximum absolute atomic E-state index is 12.8. The summed E-state index contributed by atoms with van der Waals surface area (Å²) < 4.78 is 0. The van der Waals surface area contributed by atoms with Crippen LogP contribution in [0.1, 0.15) is 57.4 Å². The predicted octanol–water partition coefficient (Wildman–Crippen LogP) is -1.08. The van der Waals surface area contributed by atoms with Crippen LogP contribution in [-0.4, -0.2) is 82.5 Å². The number of primary amides is 1. The van der Waals surface area contributed by atoms with E-state index in [1.54, 1.807) is 30.3 Å². The standard InChI is InChI=1S/C27H38N6O8/c1-17(34)8-5-6-12-23(36)29-19-11-7-13-33(26(19)39)16-24(37)32-31-20(15-22(28)35)25(38)30-21(27(40)41)14-18-9-3-2-4-10-18/h2-4,9-10,19-21,31H,5-8,11-16H2,1H3,(H2,28,35)(H,29,36)(H,30,38)(H,32,37)(H,40,41)/t19?,20-,21-/m0/s1. The molecule has 41 heavy (non-hydrogen) atoms. The molecule has 14 nitrogen and oxygen atoms in total. The molecule has 1 aromatic rings. The third kappa shape index (κ3) is 12.2. The highest BCUT2D eigenvalue weighted by Crippen LogP contribution is 2.12. The second kappa shape index (κ2) is 16.7. The number of carboxylic acids is 1. The van der Waals surface area contributed by atoms with E-state index in [1.165, 1.54) is 11.8 Å². The summed E-state index contributed by atoms with van der Waals surface area (Å²) in [4.78, 5) is 85.9. The van der Waals surface area contributed by atoms with E-state index < -0.39 is 54.1 Å². The molecule has 1 aromatic carbocycles. The fraction of sp³-hybridized carbons (Fsp3) is 0.519. The largest absolute Gasteiger partial charge is 0.480 e. The summed E-state index contributed by atoms with van der Waals surface area (Å²) in [6, 6.07) is 5.17. The minimum absolute atomic E-state index is 0.00917. The number of nitrogens with one attached hydrogen (secondary N) is 4. The normalized spacial score (nSPS) is 16.3. The number of likely N-dealkylation sites (tertiary alicyclic amines) is 1. The summed E-state index contributed by atoms with van der Waals surface area (Å²) in [5.74, 6) is -4.42. The van der Waals surface area contributed by atoms with Crippen molar-refractivity contribution in [2.75, 3.05) is 13.1 Å². The van der Waals surface area contributed by atoms with E-state index in [1.807, 2.05) is 0 Å². The molecule has 1 saturated heterocycles. The molecule has 0 radical (unpaired) electrons. The Bertz CT molecular complexity index is 1110. The quantitative estimate of drug-likeness (QED) is 0.0983. The molecule has 0 saturated carbocycles. The van der Waals surface area contributed by atoms with Gasteiger partial charge in [0.25, 0.3) is 5.91 Å². The molecule has 0 aliphatic carbocycles. The van der Waals surface area contributed by atoms with E-state index >= 15 is 0 Å². The van der Waals surface area contributed by atoms with Crippen LogP contribution in [0.15, 0.2) is 30.3 Å². The van der Waals surface area contributed by atoms with Gasteiger partial charge in [-0.1, -0.05) is 30.3 Å². The van der Waals surface area contributed by atoms with Crippen molar-refractivity contribution in [3.8, 4) is 0 Å². The average Bonchev–Trinajstić information content (AvgIpc) is 2.91. The Labute approximate surface area is 237 Å². The molecule has 1 aliphatic heterocycles. The number of ketones is 1. The molecular weight excluding hydrogens is 536 g/mol. The molecule has 7 N–H and O–H groups in total. The highest BCUT2D eigenvalue weighted by atomic mass is 16.4.